The van der Waals surface area contributed by atoms with Crippen LogP contribution in [0.25, 0.3) is 17.1 Å². The number of hydrogen-bond donors (Lipinski definition) is 1. The molecule has 0 aliphatic carbocycles. The van der Waals surface area contributed by atoms with Crippen molar-refractivity contribution < 1.29 is 9.50 Å². The van der Waals surface area contributed by atoms with Crippen molar-refractivity contribution in [2.75, 3.05) is 13.1 Å². The van der Waals surface area contributed by atoms with Gasteiger partial charge in [0.25, 0.3) is 0 Å². The highest BCUT2D eigenvalue weighted by Crippen LogP contribution is 2.25. The van der Waals surface area contributed by atoms with Crippen molar-refractivity contribution in [1.82, 2.24) is 19.2 Å². The molecule has 1 aliphatic heterocycles. The Hall–Kier alpha value is -2.35. The maximum Gasteiger partial charge on any atom is 0.204 e. The molecule has 4 rings (SSSR count). The van der Waals surface area contributed by atoms with Crippen LogP contribution in [-0.2, 0) is 6.67 Å². The summed E-state index contributed by atoms with van der Waals surface area (Å²) in [6.45, 7) is 3.96. The van der Waals surface area contributed by atoms with Crippen molar-refractivity contribution in [2.24, 2.45) is 0 Å². The lowest BCUT2D eigenvalue weighted by Crippen LogP contribution is -2.39. The van der Waals surface area contributed by atoms with E-state index in [1.807, 2.05) is 35.8 Å². The van der Waals surface area contributed by atoms with Crippen molar-refractivity contribution in [3.05, 3.63) is 64.7 Å². The first-order chi connectivity index (χ1) is 13.5. The van der Waals surface area contributed by atoms with Crippen LogP contribution in [-0.4, -0.2) is 43.5 Å². The van der Waals surface area contributed by atoms with Gasteiger partial charge in [-0.05, 0) is 56.2 Å². The van der Waals surface area contributed by atoms with Crippen molar-refractivity contribution in [2.45, 2.75) is 32.5 Å². The van der Waals surface area contributed by atoms with Gasteiger partial charge in [-0.3, -0.25) is 9.47 Å². The van der Waals surface area contributed by atoms with Gasteiger partial charge in [0.05, 0.1) is 18.3 Å². The first-order valence-corrected chi connectivity index (χ1v) is 9.86. The lowest BCUT2D eigenvalue weighted by atomic mass is 10.1. The molecule has 5 nitrogen and oxygen atoms in total. The van der Waals surface area contributed by atoms with Crippen molar-refractivity contribution in [3.63, 3.8) is 0 Å². The fraction of sp³-hybridized carbons (Fsp3) is 0.333. The van der Waals surface area contributed by atoms with Crippen LogP contribution in [0.4, 0.5) is 4.39 Å². The Morgan fingerprint density at radius 1 is 1.18 bits per heavy atom. The van der Waals surface area contributed by atoms with Gasteiger partial charge in [0.15, 0.2) is 5.82 Å². The molecule has 146 valence electrons. The number of aliphatic hydroxyl groups excluding tert-OH is 1. The van der Waals surface area contributed by atoms with Crippen LogP contribution < -0.4 is 0 Å². The molecule has 2 aromatic carbocycles. The molecule has 0 saturated carbocycles. The summed E-state index contributed by atoms with van der Waals surface area (Å²) in [5.74, 6) is 0.140. The van der Waals surface area contributed by atoms with E-state index in [2.05, 4.69) is 10.00 Å². The van der Waals surface area contributed by atoms with E-state index in [0.717, 1.165) is 30.6 Å². The third kappa shape index (κ3) is 3.78. The average molecular weight is 399 g/mol. The fourth-order valence-corrected chi connectivity index (χ4v) is 3.88. The SMILES string of the molecule is Cc1ccc(-n2c(-c3ccccc3F)nn(CN3CCC[C@@H](O)C3)c2=S)cc1. The molecule has 2 heterocycles. The van der Waals surface area contributed by atoms with E-state index in [0.29, 0.717) is 29.4 Å². The number of piperidine rings is 1. The third-order valence-corrected chi connectivity index (χ3v) is 5.45. The third-order valence-electron chi connectivity index (χ3n) is 5.06. The summed E-state index contributed by atoms with van der Waals surface area (Å²) in [6, 6.07) is 14.5. The highest BCUT2D eigenvalue weighted by molar-refractivity contribution is 7.71. The van der Waals surface area contributed by atoms with Crippen LogP contribution in [0.1, 0.15) is 18.4 Å². The van der Waals surface area contributed by atoms with Crippen LogP contribution in [0.2, 0.25) is 0 Å². The zero-order valence-corrected chi connectivity index (χ0v) is 16.6. The Morgan fingerprint density at radius 2 is 1.93 bits per heavy atom. The quantitative estimate of drug-likeness (QED) is 0.677. The molecule has 1 aliphatic rings. The number of hydrogen-bond acceptors (Lipinski definition) is 4. The number of nitrogens with zero attached hydrogens (tertiary/aromatic N) is 4. The van der Waals surface area contributed by atoms with E-state index in [-0.39, 0.29) is 11.9 Å². The molecule has 7 heteroatoms. The van der Waals surface area contributed by atoms with Crippen LogP contribution in [0.5, 0.6) is 0 Å². The molecule has 1 atom stereocenters. The Balaban J connectivity index is 1.81. The number of aryl methyl sites for hydroxylation is 1. The van der Waals surface area contributed by atoms with Gasteiger partial charge < -0.3 is 5.11 Å². The maximum absolute atomic E-state index is 14.5. The highest BCUT2D eigenvalue weighted by atomic mass is 32.1. The van der Waals surface area contributed by atoms with Crippen LogP contribution in [0.3, 0.4) is 0 Å². The summed E-state index contributed by atoms with van der Waals surface area (Å²) >= 11 is 5.72. The Kier molecular flexibility index (Phi) is 5.39. The molecule has 1 N–H and O–H groups in total. The maximum atomic E-state index is 14.5. The monoisotopic (exact) mass is 398 g/mol. The minimum Gasteiger partial charge on any atom is -0.392 e. The molecule has 1 saturated heterocycles. The van der Waals surface area contributed by atoms with E-state index >= 15 is 0 Å². The second-order valence-corrected chi connectivity index (χ2v) is 7.64. The van der Waals surface area contributed by atoms with Crippen molar-refractivity contribution >= 4 is 12.2 Å². The van der Waals surface area contributed by atoms with Gasteiger partial charge in [-0.1, -0.05) is 29.8 Å². The predicted octanol–water partition coefficient (Wildman–Crippen LogP) is 3.93. The normalized spacial score (nSPS) is 17.8. The number of likely N-dealkylation sites (tertiary alicyclic amines) is 1. The molecule has 0 bridgehead atoms. The second kappa shape index (κ2) is 7.95. The molecule has 3 aromatic rings. The predicted molar refractivity (Wildman–Crippen MR) is 109 cm³/mol. The van der Waals surface area contributed by atoms with Crippen molar-refractivity contribution in [3.8, 4) is 17.1 Å². The number of β-amino-alcohol motifs (C(OH)–C–C–N with tert-alkyl or cyclic N) is 1. The van der Waals surface area contributed by atoms with Crippen LogP contribution in [0.15, 0.2) is 48.5 Å². The fourth-order valence-electron chi connectivity index (χ4n) is 3.59. The molecule has 0 amide bonds. The molecule has 1 fully saturated rings. The number of rotatable bonds is 4. The summed E-state index contributed by atoms with van der Waals surface area (Å²) < 4.78 is 18.6. The van der Waals surface area contributed by atoms with Crippen LogP contribution in [0, 0.1) is 17.5 Å². The summed E-state index contributed by atoms with van der Waals surface area (Å²) in [6.07, 6.45) is 1.43. The first-order valence-electron chi connectivity index (χ1n) is 9.45. The van der Waals surface area contributed by atoms with E-state index in [9.17, 15) is 9.50 Å². The zero-order valence-electron chi connectivity index (χ0n) is 15.8. The lowest BCUT2D eigenvalue weighted by Gasteiger charge is -2.29. The number of benzene rings is 2. The molecule has 0 radical (unpaired) electrons. The zero-order chi connectivity index (χ0) is 19.7. The lowest BCUT2D eigenvalue weighted by molar-refractivity contribution is 0.0513. The first kappa shape index (κ1) is 19.0. The van der Waals surface area contributed by atoms with Gasteiger partial charge in [-0.15, -0.1) is 5.10 Å². The molecule has 1 aromatic heterocycles. The molecule has 0 spiro atoms. The molecule has 0 unspecified atom stereocenters. The van der Waals surface area contributed by atoms with E-state index in [1.165, 1.54) is 6.07 Å². The van der Waals surface area contributed by atoms with Gasteiger partial charge in [0.2, 0.25) is 4.77 Å². The van der Waals surface area contributed by atoms with Crippen LogP contribution >= 0.6 is 12.2 Å². The topological polar surface area (TPSA) is 46.2 Å². The molecule has 28 heavy (non-hydrogen) atoms. The summed E-state index contributed by atoms with van der Waals surface area (Å²) in [5.41, 5.74) is 2.39. The van der Waals surface area contributed by atoms with Crippen molar-refractivity contribution in [1.29, 1.82) is 0 Å². The minimum atomic E-state index is -0.337. The Morgan fingerprint density at radius 3 is 2.64 bits per heavy atom. The van der Waals surface area contributed by atoms with Gasteiger partial charge in [-0.2, -0.15) is 0 Å². The molecular weight excluding hydrogens is 375 g/mol. The smallest absolute Gasteiger partial charge is 0.204 e. The van der Waals surface area contributed by atoms with Gasteiger partial charge >= 0.3 is 0 Å². The Labute approximate surface area is 168 Å². The minimum absolute atomic E-state index is 0.326. The number of aromatic nitrogens is 3. The standard InChI is InChI=1S/C21H23FN4OS/c1-15-8-10-16(11-9-15)26-20(18-6-2-3-7-19(18)22)23-25(21(26)28)14-24-12-4-5-17(27)13-24/h2-3,6-11,17,27H,4-5,12-14H2,1H3/t17-/m1/s1. The van der Waals surface area contributed by atoms with Gasteiger partial charge in [0, 0.05) is 18.8 Å². The highest BCUT2D eigenvalue weighted by Gasteiger charge is 2.21. The summed E-state index contributed by atoms with van der Waals surface area (Å²) in [4.78, 5) is 2.13. The average Bonchev–Trinajstić information content (AvgIpc) is 2.99. The van der Waals surface area contributed by atoms with E-state index in [1.54, 1.807) is 22.9 Å². The van der Waals surface area contributed by atoms with Gasteiger partial charge in [-0.25, -0.2) is 9.07 Å². The van der Waals surface area contributed by atoms with Gasteiger partial charge in [0.1, 0.15) is 5.82 Å². The van der Waals surface area contributed by atoms with E-state index < -0.39 is 0 Å². The molecular formula is C21H23FN4OS. The largest absolute Gasteiger partial charge is 0.392 e. The summed E-state index contributed by atoms with van der Waals surface area (Å²) in [5, 5.41) is 14.6. The Bertz CT molecular complexity index is 1030. The summed E-state index contributed by atoms with van der Waals surface area (Å²) in [7, 11) is 0. The number of aliphatic hydroxyl groups is 1. The number of halogens is 1. The second-order valence-electron chi connectivity index (χ2n) is 7.27. The van der Waals surface area contributed by atoms with E-state index in [4.69, 9.17) is 12.2 Å².